The lowest BCUT2D eigenvalue weighted by Crippen LogP contribution is -3.05. The monoisotopic (exact) mass is 367 g/mol. The summed E-state index contributed by atoms with van der Waals surface area (Å²) in [7, 11) is 4.12. The van der Waals surface area contributed by atoms with Crippen LogP contribution in [0.25, 0.3) is 0 Å². The van der Waals surface area contributed by atoms with Crippen molar-refractivity contribution in [2.45, 2.75) is 6.42 Å². The van der Waals surface area contributed by atoms with Crippen molar-refractivity contribution in [1.82, 2.24) is 5.32 Å². The van der Waals surface area contributed by atoms with Gasteiger partial charge in [0.1, 0.15) is 0 Å². The third-order valence-corrected chi connectivity index (χ3v) is 4.01. The van der Waals surface area contributed by atoms with Crippen molar-refractivity contribution >= 4 is 52.6 Å². The molecule has 1 saturated heterocycles. The Balaban J connectivity index is 2.12. The highest BCUT2D eigenvalue weighted by molar-refractivity contribution is 7.80. The molecule has 128 valence electrons. The lowest BCUT2D eigenvalue weighted by molar-refractivity contribution is -0.858. The number of benzene rings is 1. The lowest BCUT2D eigenvalue weighted by Gasteiger charge is -2.31. The van der Waals surface area contributed by atoms with E-state index < -0.39 is 17.7 Å². The number of carbonyl (C=O) groups is 2. The summed E-state index contributed by atoms with van der Waals surface area (Å²) in [6, 6.07) is 6.75. The first-order valence-corrected chi connectivity index (χ1v) is 8.42. The van der Waals surface area contributed by atoms with E-state index in [1.807, 2.05) is 0 Å². The van der Waals surface area contributed by atoms with Crippen LogP contribution in [0.4, 0.5) is 5.69 Å². The fourth-order valence-electron chi connectivity index (χ4n) is 2.29. The zero-order valence-corrected chi connectivity index (χ0v) is 15.2. The molecule has 1 atom stereocenters. The molecule has 2 amide bonds. The molecule has 1 aliphatic heterocycles. The second kappa shape index (κ2) is 8.32. The van der Waals surface area contributed by atoms with E-state index in [2.05, 4.69) is 24.4 Å². The van der Waals surface area contributed by atoms with Crippen LogP contribution in [0.5, 0.6) is 0 Å². The van der Waals surface area contributed by atoms with Crippen molar-refractivity contribution in [2.24, 2.45) is 10.9 Å². The number of halogens is 1. The highest BCUT2D eigenvalue weighted by Gasteiger charge is 2.38. The molecule has 1 unspecified atom stereocenters. The minimum atomic E-state index is -0.984. The highest BCUT2D eigenvalue weighted by Crippen LogP contribution is 2.23. The van der Waals surface area contributed by atoms with Gasteiger partial charge in [0.2, 0.25) is 5.91 Å². The summed E-state index contributed by atoms with van der Waals surface area (Å²) in [4.78, 5) is 31.6. The van der Waals surface area contributed by atoms with Crippen molar-refractivity contribution in [2.75, 3.05) is 32.1 Å². The zero-order valence-electron chi connectivity index (χ0n) is 13.6. The summed E-state index contributed by atoms with van der Waals surface area (Å²) in [5, 5.41) is 3.08. The molecule has 0 radical (unpaired) electrons. The maximum absolute atomic E-state index is 12.7. The van der Waals surface area contributed by atoms with Crippen LogP contribution in [0, 0.1) is 5.92 Å². The number of nitrogens with one attached hydrogen (secondary N) is 2. The molecule has 0 saturated carbocycles. The normalized spacial score (nSPS) is 18.6. The van der Waals surface area contributed by atoms with Gasteiger partial charge in [-0.2, -0.15) is 0 Å². The molecule has 24 heavy (non-hydrogen) atoms. The number of hydrogen-bond acceptors (Lipinski definition) is 4. The summed E-state index contributed by atoms with van der Waals surface area (Å²) < 4.78 is 0. The third-order valence-electron chi connectivity index (χ3n) is 3.49. The van der Waals surface area contributed by atoms with Crippen LogP contribution in [0.2, 0.25) is 5.02 Å². The van der Waals surface area contributed by atoms with E-state index in [1.54, 1.807) is 24.3 Å². The van der Waals surface area contributed by atoms with Crippen molar-refractivity contribution < 1.29 is 14.5 Å². The Hall–Kier alpha value is -1.83. The number of amides is 2. The van der Waals surface area contributed by atoms with E-state index >= 15 is 0 Å². The van der Waals surface area contributed by atoms with Gasteiger partial charge in [0.25, 0.3) is 5.91 Å². The Morgan fingerprint density at radius 1 is 1.42 bits per heavy atom. The van der Waals surface area contributed by atoms with Crippen molar-refractivity contribution in [3.8, 4) is 0 Å². The summed E-state index contributed by atoms with van der Waals surface area (Å²) in [5.41, 5.74) is 0.520. The molecular formula is C16H20ClN4O2S+. The molecule has 2 rings (SSSR count). The maximum atomic E-state index is 12.7. The first-order chi connectivity index (χ1) is 11.4. The average molecular weight is 368 g/mol. The van der Waals surface area contributed by atoms with Gasteiger partial charge in [0.05, 0.1) is 26.3 Å². The number of anilines is 1. The molecule has 1 aliphatic rings. The van der Waals surface area contributed by atoms with E-state index in [1.165, 1.54) is 16.0 Å². The molecule has 0 aliphatic carbocycles. The van der Waals surface area contributed by atoms with Crippen molar-refractivity contribution in [3.63, 3.8) is 0 Å². The Morgan fingerprint density at radius 3 is 2.83 bits per heavy atom. The topological polar surface area (TPSA) is 66.2 Å². The largest absolute Gasteiger partial charge is 0.340 e. The smallest absolute Gasteiger partial charge is 0.251 e. The Bertz CT molecular complexity index is 678. The molecule has 2 N–H and O–H groups in total. The molecule has 1 heterocycles. The van der Waals surface area contributed by atoms with Gasteiger partial charge < -0.3 is 10.2 Å². The molecule has 0 bridgehead atoms. The fourth-order valence-corrected chi connectivity index (χ4v) is 2.77. The second-order valence-electron chi connectivity index (χ2n) is 5.79. The quantitative estimate of drug-likeness (QED) is 0.329. The van der Waals surface area contributed by atoms with Crippen LogP contribution in [-0.2, 0) is 9.59 Å². The third kappa shape index (κ3) is 4.59. The predicted molar refractivity (Wildman–Crippen MR) is 98.8 cm³/mol. The number of rotatable bonds is 6. The fraction of sp³-hybridized carbons (Fsp3) is 0.375. The molecule has 8 heteroatoms. The van der Waals surface area contributed by atoms with Gasteiger partial charge in [-0.3, -0.25) is 19.5 Å². The van der Waals surface area contributed by atoms with Gasteiger partial charge in [0, 0.05) is 24.2 Å². The summed E-state index contributed by atoms with van der Waals surface area (Å²) in [5.74, 6) is -1.86. The zero-order chi connectivity index (χ0) is 17.7. The number of carbonyl (C=O) groups excluding carboxylic acids is 2. The van der Waals surface area contributed by atoms with Crippen LogP contribution in [-0.4, -0.2) is 50.3 Å². The first kappa shape index (κ1) is 18.5. The van der Waals surface area contributed by atoms with Crippen molar-refractivity contribution in [3.05, 3.63) is 29.3 Å². The molecule has 6 nitrogen and oxygen atoms in total. The van der Waals surface area contributed by atoms with Crippen molar-refractivity contribution in [1.29, 1.82) is 0 Å². The van der Waals surface area contributed by atoms with Gasteiger partial charge in [-0.05, 0) is 30.4 Å². The number of quaternary nitrogens is 1. The number of hydrogen-bond donors (Lipinski definition) is 2. The van der Waals surface area contributed by atoms with Crippen LogP contribution in [0.3, 0.4) is 0 Å². The molecule has 1 aromatic rings. The van der Waals surface area contributed by atoms with Crippen LogP contribution in [0.1, 0.15) is 6.42 Å². The Kier molecular flexibility index (Phi) is 6.42. The molecule has 1 aromatic carbocycles. The molecule has 0 spiro atoms. The van der Waals surface area contributed by atoms with Gasteiger partial charge in [-0.15, -0.1) is 0 Å². The number of nitrogens with zero attached hydrogens (tertiary/aromatic N) is 2. The van der Waals surface area contributed by atoms with Gasteiger partial charge in [0.15, 0.2) is 11.0 Å². The van der Waals surface area contributed by atoms with Crippen LogP contribution >= 0.6 is 23.8 Å². The van der Waals surface area contributed by atoms with Crippen LogP contribution < -0.4 is 15.1 Å². The lowest BCUT2D eigenvalue weighted by atomic mass is 10.1. The minimum Gasteiger partial charge on any atom is -0.340 e. The van der Waals surface area contributed by atoms with E-state index in [-0.39, 0.29) is 5.11 Å². The maximum Gasteiger partial charge on any atom is 0.251 e. The van der Waals surface area contributed by atoms with Crippen LogP contribution in [0.15, 0.2) is 29.3 Å². The summed E-state index contributed by atoms with van der Waals surface area (Å²) in [6.45, 7) is 1.55. The molecule has 1 fully saturated rings. The second-order valence-corrected chi connectivity index (χ2v) is 6.61. The SMILES string of the molecule is C[NH+](C)CCCN=CC1C(=O)NC(=S)N(c2cccc(Cl)c2)C1=O. The summed E-state index contributed by atoms with van der Waals surface area (Å²) in [6.07, 6.45) is 2.29. The van der Waals surface area contributed by atoms with E-state index in [0.29, 0.717) is 17.3 Å². The van der Waals surface area contributed by atoms with Gasteiger partial charge in [-0.1, -0.05) is 17.7 Å². The highest BCUT2D eigenvalue weighted by atomic mass is 35.5. The van der Waals surface area contributed by atoms with E-state index in [9.17, 15) is 9.59 Å². The first-order valence-electron chi connectivity index (χ1n) is 7.63. The predicted octanol–water partition coefficient (Wildman–Crippen LogP) is 0.309. The standard InChI is InChI=1S/C16H19ClN4O2S/c1-20(2)8-4-7-18-10-13-14(22)19-16(24)21(15(13)23)12-6-3-5-11(17)9-12/h3,5-6,9-10,13H,4,7-8H2,1-2H3,(H,19,22,24)/p+1. The summed E-state index contributed by atoms with van der Waals surface area (Å²) >= 11 is 11.1. The van der Waals surface area contributed by atoms with Gasteiger partial charge in [-0.25, -0.2) is 0 Å². The van der Waals surface area contributed by atoms with E-state index in [0.717, 1.165) is 13.0 Å². The Morgan fingerprint density at radius 2 is 2.17 bits per heavy atom. The Labute approximate surface area is 151 Å². The van der Waals surface area contributed by atoms with E-state index in [4.69, 9.17) is 23.8 Å². The molecular weight excluding hydrogens is 348 g/mol. The molecule has 0 aromatic heterocycles. The van der Waals surface area contributed by atoms with Gasteiger partial charge >= 0.3 is 0 Å². The average Bonchev–Trinajstić information content (AvgIpc) is 2.49. The number of aliphatic imine (C=N–C) groups is 1. The minimum absolute atomic E-state index is 0.0492. The number of thiocarbonyl (C=S) groups is 1.